The summed E-state index contributed by atoms with van der Waals surface area (Å²) in [6.45, 7) is 4.57. The van der Waals surface area contributed by atoms with E-state index in [2.05, 4.69) is 27.6 Å². The van der Waals surface area contributed by atoms with Gasteiger partial charge >= 0.3 is 0 Å². The van der Waals surface area contributed by atoms with Gasteiger partial charge in [0.05, 0.1) is 11.9 Å². The average Bonchev–Trinajstić information content (AvgIpc) is 3.37. The molecule has 4 aromatic rings. The van der Waals surface area contributed by atoms with Gasteiger partial charge in [0.1, 0.15) is 11.5 Å². The van der Waals surface area contributed by atoms with Crippen LogP contribution in [0.4, 0.5) is 8.78 Å². The number of halogens is 2. The minimum Gasteiger partial charge on any atom is -0.306 e. The molecule has 0 saturated heterocycles. The number of benzene rings is 2. The summed E-state index contributed by atoms with van der Waals surface area (Å²) in [7, 11) is 0. The van der Waals surface area contributed by atoms with Crippen LogP contribution >= 0.6 is 0 Å². The summed E-state index contributed by atoms with van der Waals surface area (Å²) in [5.74, 6) is -1.25. The molecule has 148 valence electrons. The molecule has 0 amide bonds. The molecule has 0 aliphatic carbocycles. The van der Waals surface area contributed by atoms with E-state index in [9.17, 15) is 8.78 Å². The highest BCUT2D eigenvalue weighted by Gasteiger charge is 2.16. The Kier molecular flexibility index (Phi) is 5.22. The number of aromatic nitrogens is 4. The van der Waals surface area contributed by atoms with Crippen LogP contribution in [0.15, 0.2) is 67.1 Å². The first-order valence-electron chi connectivity index (χ1n) is 9.35. The van der Waals surface area contributed by atoms with Crippen molar-refractivity contribution in [3.63, 3.8) is 0 Å². The maximum absolute atomic E-state index is 14.1. The molecule has 4 rings (SSSR count). The van der Waals surface area contributed by atoms with E-state index in [1.165, 1.54) is 16.8 Å². The molecule has 0 spiro atoms. The smallest absolute Gasteiger partial charge is 0.151 e. The van der Waals surface area contributed by atoms with Crippen molar-refractivity contribution in [3.8, 4) is 11.4 Å². The lowest BCUT2D eigenvalue weighted by atomic mass is 10.1. The van der Waals surface area contributed by atoms with Crippen LogP contribution in [0.2, 0.25) is 0 Å². The highest BCUT2D eigenvalue weighted by molar-refractivity contribution is 5.38. The SMILES string of the molecule is Cc1c([C@@H](C)NCc2cccc(-n3cccn3)c2)cnn1-c1ccc(F)cc1F. The van der Waals surface area contributed by atoms with Gasteiger partial charge in [-0.15, -0.1) is 0 Å². The summed E-state index contributed by atoms with van der Waals surface area (Å²) < 4.78 is 30.6. The summed E-state index contributed by atoms with van der Waals surface area (Å²) in [5.41, 5.74) is 4.12. The van der Waals surface area contributed by atoms with E-state index in [-0.39, 0.29) is 11.7 Å². The number of nitrogens with zero attached hydrogens (tertiary/aromatic N) is 4. The van der Waals surface area contributed by atoms with Crippen molar-refractivity contribution < 1.29 is 8.78 Å². The van der Waals surface area contributed by atoms with Gasteiger partial charge in [-0.05, 0) is 49.7 Å². The highest BCUT2D eigenvalue weighted by Crippen LogP contribution is 2.22. The number of nitrogens with one attached hydrogen (secondary N) is 1. The monoisotopic (exact) mass is 393 g/mol. The topological polar surface area (TPSA) is 47.7 Å². The standard InChI is InChI=1S/C22H21F2N5/c1-15(25-13-17-5-3-6-19(11-17)28-10-4-9-26-28)20-14-27-29(16(20)2)22-8-7-18(23)12-21(22)24/h3-12,14-15,25H,13H2,1-2H3/t15-/m1/s1. The second kappa shape index (κ2) is 7.97. The predicted molar refractivity (Wildman–Crippen MR) is 107 cm³/mol. The normalized spacial score (nSPS) is 12.3. The Morgan fingerprint density at radius 1 is 1.07 bits per heavy atom. The van der Waals surface area contributed by atoms with Gasteiger partial charge in [0.15, 0.2) is 5.82 Å². The molecule has 0 saturated carbocycles. The Balaban J connectivity index is 1.49. The third-order valence-corrected chi connectivity index (χ3v) is 4.94. The van der Waals surface area contributed by atoms with Crippen LogP contribution in [-0.4, -0.2) is 19.6 Å². The van der Waals surface area contributed by atoms with Crippen LogP contribution < -0.4 is 5.32 Å². The van der Waals surface area contributed by atoms with Gasteiger partial charge in [-0.3, -0.25) is 0 Å². The van der Waals surface area contributed by atoms with Crippen molar-refractivity contribution >= 4 is 0 Å². The molecule has 1 N–H and O–H groups in total. The Labute approximate surface area is 167 Å². The minimum absolute atomic E-state index is 0.000573. The molecular weight excluding hydrogens is 372 g/mol. The molecule has 0 aliphatic heterocycles. The molecule has 0 radical (unpaired) electrons. The van der Waals surface area contributed by atoms with Gasteiger partial charge in [0.2, 0.25) is 0 Å². The van der Waals surface area contributed by atoms with Crippen LogP contribution in [-0.2, 0) is 6.54 Å². The maximum Gasteiger partial charge on any atom is 0.151 e. The van der Waals surface area contributed by atoms with Gasteiger partial charge in [-0.2, -0.15) is 10.2 Å². The summed E-state index contributed by atoms with van der Waals surface area (Å²) in [5, 5.41) is 12.0. The van der Waals surface area contributed by atoms with Gasteiger partial charge < -0.3 is 5.32 Å². The summed E-state index contributed by atoms with van der Waals surface area (Å²) in [6, 6.07) is 13.5. The predicted octanol–water partition coefficient (Wildman–Crippen LogP) is 4.50. The molecule has 0 unspecified atom stereocenters. The first-order chi connectivity index (χ1) is 14.0. The zero-order chi connectivity index (χ0) is 20.4. The summed E-state index contributed by atoms with van der Waals surface area (Å²) >= 11 is 0. The molecule has 0 bridgehead atoms. The maximum atomic E-state index is 14.1. The van der Waals surface area contributed by atoms with Crippen molar-refractivity contribution in [1.82, 2.24) is 24.9 Å². The highest BCUT2D eigenvalue weighted by atomic mass is 19.1. The van der Waals surface area contributed by atoms with E-state index >= 15 is 0 Å². The van der Waals surface area contributed by atoms with Crippen molar-refractivity contribution in [2.75, 3.05) is 0 Å². The third-order valence-electron chi connectivity index (χ3n) is 4.94. The fourth-order valence-electron chi connectivity index (χ4n) is 3.35. The van der Waals surface area contributed by atoms with Gasteiger partial charge in [-0.1, -0.05) is 12.1 Å². The Morgan fingerprint density at radius 2 is 1.93 bits per heavy atom. The second-order valence-corrected chi connectivity index (χ2v) is 6.92. The molecule has 2 aromatic heterocycles. The van der Waals surface area contributed by atoms with Gasteiger partial charge in [-0.25, -0.2) is 18.1 Å². The van der Waals surface area contributed by atoms with Crippen LogP contribution in [0.25, 0.3) is 11.4 Å². The van der Waals surface area contributed by atoms with Crippen molar-refractivity contribution in [1.29, 1.82) is 0 Å². The van der Waals surface area contributed by atoms with E-state index in [0.717, 1.165) is 28.6 Å². The van der Waals surface area contributed by atoms with Gasteiger partial charge in [0.25, 0.3) is 0 Å². The minimum atomic E-state index is -0.640. The lowest BCUT2D eigenvalue weighted by Gasteiger charge is -2.15. The van der Waals surface area contributed by atoms with E-state index < -0.39 is 11.6 Å². The molecule has 5 nitrogen and oxygen atoms in total. The molecule has 0 aliphatic rings. The Hall–Kier alpha value is -3.32. The lowest BCUT2D eigenvalue weighted by molar-refractivity contribution is 0.566. The quantitative estimate of drug-likeness (QED) is 0.525. The van der Waals surface area contributed by atoms with Crippen molar-refractivity contribution in [2.24, 2.45) is 0 Å². The van der Waals surface area contributed by atoms with E-state index in [1.807, 2.05) is 42.9 Å². The third kappa shape index (κ3) is 3.95. The summed E-state index contributed by atoms with van der Waals surface area (Å²) in [4.78, 5) is 0. The van der Waals surface area contributed by atoms with Crippen LogP contribution in [0.5, 0.6) is 0 Å². The van der Waals surface area contributed by atoms with Crippen LogP contribution in [0, 0.1) is 18.6 Å². The Bertz CT molecular complexity index is 1120. The molecule has 1 atom stereocenters. The molecule has 29 heavy (non-hydrogen) atoms. The van der Waals surface area contributed by atoms with Gasteiger partial charge in [0, 0.05) is 42.3 Å². The zero-order valence-corrected chi connectivity index (χ0v) is 16.2. The molecule has 2 heterocycles. The zero-order valence-electron chi connectivity index (χ0n) is 16.2. The van der Waals surface area contributed by atoms with Crippen LogP contribution in [0.3, 0.4) is 0 Å². The van der Waals surface area contributed by atoms with Crippen molar-refractivity contribution in [3.05, 3.63) is 95.6 Å². The fraction of sp³-hybridized carbons (Fsp3) is 0.182. The molecule has 2 aromatic carbocycles. The number of hydrogen-bond acceptors (Lipinski definition) is 3. The fourth-order valence-corrected chi connectivity index (χ4v) is 3.35. The van der Waals surface area contributed by atoms with Crippen LogP contribution in [0.1, 0.15) is 29.8 Å². The average molecular weight is 393 g/mol. The van der Waals surface area contributed by atoms with E-state index in [0.29, 0.717) is 6.54 Å². The van der Waals surface area contributed by atoms with Crippen molar-refractivity contribution in [2.45, 2.75) is 26.4 Å². The first-order valence-corrected chi connectivity index (χ1v) is 9.35. The Morgan fingerprint density at radius 3 is 2.69 bits per heavy atom. The number of hydrogen-bond donors (Lipinski definition) is 1. The second-order valence-electron chi connectivity index (χ2n) is 6.92. The first kappa shape index (κ1) is 19.0. The molecule has 0 fully saturated rings. The van der Waals surface area contributed by atoms with E-state index in [4.69, 9.17) is 0 Å². The largest absolute Gasteiger partial charge is 0.306 e. The lowest BCUT2D eigenvalue weighted by Crippen LogP contribution is -2.19. The summed E-state index contributed by atoms with van der Waals surface area (Å²) in [6.07, 6.45) is 5.37. The molecule has 7 heteroatoms. The number of rotatable bonds is 6. The molecular formula is C22H21F2N5. The van der Waals surface area contributed by atoms with E-state index in [1.54, 1.807) is 12.4 Å².